The highest BCUT2D eigenvalue weighted by molar-refractivity contribution is 6.31. The summed E-state index contributed by atoms with van der Waals surface area (Å²) in [5.41, 5.74) is 2.70. The molecule has 0 aromatic heterocycles. The van der Waals surface area contributed by atoms with Gasteiger partial charge in [0.05, 0.1) is 17.9 Å². The van der Waals surface area contributed by atoms with Crippen LogP contribution in [0.3, 0.4) is 0 Å². The zero-order chi connectivity index (χ0) is 17.1. The van der Waals surface area contributed by atoms with Crippen molar-refractivity contribution in [3.05, 3.63) is 59.1 Å². The first-order valence-corrected chi connectivity index (χ1v) is 8.93. The molecule has 1 fully saturated rings. The quantitative estimate of drug-likeness (QED) is 0.777. The molecule has 128 valence electrons. The van der Waals surface area contributed by atoms with Gasteiger partial charge in [-0.2, -0.15) is 5.11 Å². The molecular formula is C19H20ClN5. The summed E-state index contributed by atoms with van der Waals surface area (Å²) in [5, 5.41) is 16.7. The number of hydrogen-bond acceptors (Lipinski definition) is 5. The van der Waals surface area contributed by atoms with Crippen molar-refractivity contribution < 1.29 is 0 Å². The van der Waals surface area contributed by atoms with Crippen molar-refractivity contribution in [2.45, 2.75) is 24.9 Å². The average molecular weight is 354 g/mol. The molecule has 25 heavy (non-hydrogen) atoms. The van der Waals surface area contributed by atoms with Crippen molar-refractivity contribution in [1.29, 1.82) is 0 Å². The number of benzene rings is 2. The summed E-state index contributed by atoms with van der Waals surface area (Å²) in [6, 6.07) is 15.8. The van der Waals surface area contributed by atoms with Gasteiger partial charge in [0.25, 0.3) is 0 Å². The molecule has 0 aliphatic carbocycles. The van der Waals surface area contributed by atoms with E-state index in [4.69, 9.17) is 16.6 Å². The maximum absolute atomic E-state index is 6.20. The Morgan fingerprint density at radius 3 is 2.64 bits per heavy atom. The molecule has 0 bridgehead atoms. The summed E-state index contributed by atoms with van der Waals surface area (Å²) in [7, 11) is 0. The molecule has 2 aliphatic rings. The first-order chi connectivity index (χ1) is 12.3. The fourth-order valence-corrected chi connectivity index (χ4v) is 3.53. The lowest BCUT2D eigenvalue weighted by molar-refractivity contribution is 0.417. The number of hydrogen-bond donors (Lipinski definition) is 2. The highest BCUT2D eigenvalue weighted by atomic mass is 35.5. The number of anilines is 1. The molecule has 4 rings (SSSR count). The molecule has 2 aromatic carbocycles. The van der Waals surface area contributed by atoms with Gasteiger partial charge < -0.3 is 10.6 Å². The SMILES string of the molecule is Clc1ccccc1CN=NC1=Nc2ccccc2NC12CCNCC2. The number of nitrogens with one attached hydrogen (secondary N) is 2. The first kappa shape index (κ1) is 16.2. The van der Waals surface area contributed by atoms with Gasteiger partial charge in [-0.25, -0.2) is 4.99 Å². The van der Waals surface area contributed by atoms with E-state index in [0.717, 1.165) is 48.7 Å². The van der Waals surface area contributed by atoms with Crippen molar-refractivity contribution in [1.82, 2.24) is 5.32 Å². The van der Waals surface area contributed by atoms with E-state index in [2.05, 4.69) is 26.9 Å². The summed E-state index contributed by atoms with van der Waals surface area (Å²) in [6.07, 6.45) is 1.87. The highest BCUT2D eigenvalue weighted by Crippen LogP contribution is 2.37. The highest BCUT2D eigenvalue weighted by Gasteiger charge is 2.40. The number of azo groups is 1. The fraction of sp³-hybridized carbons (Fsp3) is 0.316. The Morgan fingerprint density at radius 1 is 1.04 bits per heavy atom. The summed E-state index contributed by atoms with van der Waals surface area (Å²) < 4.78 is 0. The van der Waals surface area contributed by atoms with Gasteiger partial charge in [0, 0.05) is 5.02 Å². The summed E-state index contributed by atoms with van der Waals surface area (Å²) in [5.74, 6) is 0.764. The van der Waals surface area contributed by atoms with Crippen LogP contribution in [0.2, 0.25) is 5.02 Å². The van der Waals surface area contributed by atoms with E-state index in [0.29, 0.717) is 11.6 Å². The molecule has 0 saturated carbocycles. The van der Waals surface area contributed by atoms with E-state index in [9.17, 15) is 0 Å². The van der Waals surface area contributed by atoms with Crippen LogP contribution in [0, 0.1) is 0 Å². The first-order valence-electron chi connectivity index (χ1n) is 8.55. The van der Waals surface area contributed by atoms with Crippen LogP contribution in [0.4, 0.5) is 11.4 Å². The lowest BCUT2D eigenvalue weighted by Gasteiger charge is -2.40. The zero-order valence-electron chi connectivity index (χ0n) is 13.9. The molecule has 0 atom stereocenters. The number of rotatable bonds is 2. The lowest BCUT2D eigenvalue weighted by atomic mass is 9.85. The number of fused-ring (bicyclic) bond motifs is 1. The second kappa shape index (κ2) is 6.94. The van der Waals surface area contributed by atoms with Gasteiger partial charge in [0.2, 0.25) is 0 Å². The van der Waals surface area contributed by atoms with Crippen LogP contribution in [0.5, 0.6) is 0 Å². The van der Waals surface area contributed by atoms with Crippen LogP contribution in [-0.2, 0) is 6.54 Å². The predicted molar refractivity (Wildman–Crippen MR) is 102 cm³/mol. The number of amidine groups is 1. The minimum atomic E-state index is -0.246. The second-order valence-corrected chi connectivity index (χ2v) is 6.81. The summed E-state index contributed by atoms with van der Waals surface area (Å²) >= 11 is 6.20. The van der Waals surface area contributed by atoms with E-state index in [1.54, 1.807) is 0 Å². The molecule has 0 unspecified atom stereocenters. The monoisotopic (exact) mass is 353 g/mol. The van der Waals surface area contributed by atoms with Gasteiger partial charge in [0.15, 0.2) is 5.84 Å². The molecule has 2 aromatic rings. The molecule has 6 heteroatoms. The van der Waals surface area contributed by atoms with E-state index >= 15 is 0 Å². The Hall–Kier alpha value is -2.24. The maximum Gasteiger partial charge on any atom is 0.176 e. The molecule has 2 N–H and O–H groups in total. The van der Waals surface area contributed by atoms with E-state index < -0.39 is 0 Å². The van der Waals surface area contributed by atoms with Crippen LogP contribution in [0.15, 0.2) is 63.8 Å². The van der Waals surface area contributed by atoms with Crippen molar-refractivity contribution in [2.24, 2.45) is 15.2 Å². The molecule has 2 heterocycles. The van der Waals surface area contributed by atoms with Crippen molar-refractivity contribution in [2.75, 3.05) is 18.4 Å². The Morgan fingerprint density at radius 2 is 1.80 bits per heavy atom. The fourth-order valence-electron chi connectivity index (χ4n) is 3.34. The van der Waals surface area contributed by atoms with Gasteiger partial charge in [-0.1, -0.05) is 41.9 Å². The minimum absolute atomic E-state index is 0.246. The van der Waals surface area contributed by atoms with Crippen molar-refractivity contribution >= 4 is 28.8 Å². The molecule has 1 spiro atoms. The Labute approximate surface area is 152 Å². The number of piperidine rings is 1. The van der Waals surface area contributed by atoms with E-state index in [1.165, 1.54) is 0 Å². The third-order valence-electron chi connectivity index (χ3n) is 4.75. The van der Waals surface area contributed by atoms with Gasteiger partial charge in [-0.05, 0) is 49.7 Å². The van der Waals surface area contributed by atoms with Gasteiger partial charge in [-0.3, -0.25) is 0 Å². The van der Waals surface area contributed by atoms with Gasteiger partial charge in [0.1, 0.15) is 5.54 Å². The molecule has 0 amide bonds. The van der Waals surface area contributed by atoms with Gasteiger partial charge >= 0.3 is 0 Å². The van der Waals surface area contributed by atoms with Crippen LogP contribution in [0.1, 0.15) is 18.4 Å². The lowest BCUT2D eigenvalue weighted by Crippen LogP contribution is -2.53. The smallest absolute Gasteiger partial charge is 0.176 e. The Bertz CT molecular complexity index is 824. The topological polar surface area (TPSA) is 61.1 Å². The molecule has 1 saturated heterocycles. The molecular weight excluding hydrogens is 334 g/mol. The van der Waals surface area contributed by atoms with E-state index in [1.807, 2.05) is 42.5 Å². The summed E-state index contributed by atoms with van der Waals surface area (Å²) in [6.45, 7) is 2.33. The molecule has 2 aliphatic heterocycles. The number of aliphatic imine (C=N–C) groups is 1. The van der Waals surface area contributed by atoms with Crippen LogP contribution < -0.4 is 10.6 Å². The molecule has 5 nitrogen and oxygen atoms in total. The van der Waals surface area contributed by atoms with E-state index in [-0.39, 0.29) is 5.54 Å². The number of nitrogens with zero attached hydrogens (tertiary/aromatic N) is 3. The maximum atomic E-state index is 6.20. The van der Waals surface area contributed by atoms with Crippen molar-refractivity contribution in [3.8, 4) is 0 Å². The average Bonchev–Trinajstić information content (AvgIpc) is 2.64. The third-order valence-corrected chi connectivity index (χ3v) is 5.12. The Balaban J connectivity index is 1.63. The van der Waals surface area contributed by atoms with Crippen LogP contribution in [-0.4, -0.2) is 24.5 Å². The normalized spacial score (nSPS) is 18.7. The van der Waals surface area contributed by atoms with Gasteiger partial charge in [-0.15, -0.1) is 5.11 Å². The third kappa shape index (κ3) is 3.30. The molecule has 0 radical (unpaired) electrons. The largest absolute Gasteiger partial charge is 0.371 e. The minimum Gasteiger partial charge on any atom is -0.371 e. The Kier molecular flexibility index (Phi) is 4.51. The number of para-hydroxylation sites is 2. The van der Waals surface area contributed by atoms with Crippen LogP contribution >= 0.6 is 11.6 Å². The number of halogens is 1. The predicted octanol–water partition coefficient (Wildman–Crippen LogP) is 4.57. The standard InChI is InChI=1S/C19H20ClN5/c20-15-6-2-1-5-14(15)13-22-25-18-19(9-11-21-12-10-19)24-17-8-4-3-7-16(17)23-18/h1-8,21,24H,9-13H2. The second-order valence-electron chi connectivity index (χ2n) is 6.40. The van der Waals surface area contributed by atoms with Crippen molar-refractivity contribution in [3.63, 3.8) is 0 Å². The zero-order valence-corrected chi connectivity index (χ0v) is 14.6. The van der Waals surface area contributed by atoms with Crippen LogP contribution in [0.25, 0.3) is 0 Å². The summed E-state index contributed by atoms with van der Waals surface area (Å²) in [4.78, 5) is 4.81.